The van der Waals surface area contributed by atoms with Crippen molar-refractivity contribution < 1.29 is 4.74 Å². The lowest BCUT2D eigenvalue weighted by atomic mass is 10.0. The van der Waals surface area contributed by atoms with E-state index in [0.29, 0.717) is 6.04 Å². The van der Waals surface area contributed by atoms with Crippen LogP contribution in [-0.4, -0.2) is 72.2 Å². The van der Waals surface area contributed by atoms with E-state index in [-0.39, 0.29) is 0 Å². The molecule has 2 aromatic rings. The lowest BCUT2D eigenvalue weighted by molar-refractivity contribution is 0.0875. The second-order valence-electron chi connectivity index (χ2n) is 7.29. The summed E-state index contributed by atoms with van der Waals surface area (Å²) in [5.74, 6) is 2.00. The molecule has 0 bridgehead atoms. The Labute approximate surface area is 155 Å². The largest absolute Gasteiger partial charge is 0.497 e. The number of nitrogens with zero attached hydrogens (tertiary/aromatic N) is 4. The van der Waals surface area contributed by atoms with Gasteiger partial charge in [0, 0.05) is 56.8 Å². The number of anilines is 1. The molecule has 1 N–H and O–H groups in total. The lowest BCUT2D eigenvalue weighted by Gasteiger charge is -2.43. The number of piperazine rings is 1. The van der Waals surface area contributed by atoms with E-state index in [1.54, 1.807) is 7.11 Å². The second-order valence-corrected chi connectivity index (χ2v) is 7.29. The van der Waals surface area contributed by atoms with Gasteiger partial charge in [0.2, 0.25) is 0 Å². The number of H-pyrrole nitrogens is 1. The molecule has 1 unspecified atom stereocenters. The number of rotatable bonds is 5. The first kappa shape index (κ1) is 17.4. The molecular weight excluding hydrogens is 326 g/mol. The number of piperidine rings is 1. The third-order valence-electron chi connectivity index (χ3n) is 5.68. The van der Waals surface area contributed by atoms with Gasteiger partial charge in [0.05, 0.1) is 13.7 Å². The molecule has 4 rings (SSSR count). The Morgan fingerprint density at radius 3 is 2.62 bits per heavy atom. The van der Waals surface area contributed by atoms with E-state index in [0.717, 1.165) is 50.8 Å². The predicted molar refractivity (Wildman–Crippen MR) is 104 cm³/mol. The summed E-state index contributed by atoms with van der Waals surface area (Å²) in [7, 11) is 1.72. The number of aromatic amines is 1. The summed E-state index contributed by atoms with van der Waals surface area (Å²) < 4.78 is 5.26. The van der Waals surface area contributed by atoms with Crippen molar-refractivity contribution in [1.29, 1.82) is 0 Å². The number of ether oxygens (including phenoxy) is 1. The van der Waals surface area contributed by atoms with Crippen LogP contribution in [-0.2, 0) is 6.54 Å². The van der Waals surface area contributed by atoms with Crippen molar-refractivity contribution in [2.24, 2.45) is 0 Å². The first-order chi connectivity index (χ1) is 12.8. The molecule has 6 nitrogen and oxygen atoms in total. The van der Waals surface area contributed by atoms with Gasteiger partial charge in [-0.3, -0.25) is 9.80 Å². The molecular formula is C20H29N5O. The van der Waals surface area contributed by atoms with Gasteiger partial charge >= 0.3 is 0 Å². The Hall–Kier alpha value is -2.05. The van der Waals surface area contributed by atoms with Crippen molar-refractivity contribution in [3.05, 3.63) is 42.5 Å². The highest BCUT2D eigenvalue weighted by Gasteiger charge is 2.28. The molecule has 2 fully saturated rings. The van der Waals surface area contributed by atoms with E-state index in [2.05, 4.69) is 48.9 Å². The molecule has 140 valence electrons. The molecule has 0 spiro atoms. The van der Waals surface area contributed by atoms with Crippen LogP contribution in [0.25, 0.3) is 0 Å². The van der Waals surface area contributed by atoms with E-state index in [1.165, 1.54) is 25.1 Å². The zero-order chi connectivity index (χ0) is 17.8. The van der Waals surface area contributed by atoms with Gasteiger partial charge in [-0.05, 0) is 43.7 Å². The van der Waals surface area contributed by atoms with Crippen molar-refractivity contribution in [2.45, 2.75) is 25.4 Å². The summed E-state index contributed by atoms with van der Waals surface area (Å²) in [5.41, 5.74) is 1.30. The van der Waals surface area contributed by atoms with Crippen LogP contribution in [0, 0.1) is 0 Å². The molecule has 26 heavy (non-hydrogen) atoms. The first-order valence-corrected chi connectivity index (χ1v) is 9.65. The van der Waals surface area contributed by atoms with Crippen LogP contribution < -0.4 is 9.64 Å². The first-order valence-electron chi connectivity index (χ1n) is 9.65. The van der Waals surface area contributed by atoms with Gasteiger partial charge in [0.25, 0.3) is 0 Å². The third-order valence-corrected chi connectivity index (χ3v) is 5.68. The number of hydrogen-bond donors (Lipinski definition) is 1. The topological polar surface area (TPSA) is 47.6 Å². The zero-order valence-electron chi connectivity index (χ0n) is 15.6. The number of aromatic nitrogens is 2. The molecule has 2 aliphatic rings. The van der Waals surface area contributed by atoms with Crippen molar-refractivity contribution >= 4 is 5.69 Å². The molecule has 0 saturated carbocycles. The van der Waals surface area contributed by atoms with Gasteiger partial charge in [-0.15, -0.1) is 0 Å². The minimum atomic E-state index is 0.678. The molecule has 2 aliphatic heterocycles. The van der Waals surface area contributed by atoms with E-state index in [9.17, 15) is 0 Å². The van der Waals surface area contributed by atoms with E-state index in [4.69, 9.17) is 4.74 Å². The maximum absolute atomic E-state index is 5.26. The van der Waals surface area contributed by atoms with Gasteiger partial charge < -0.3 is 14.6 Å². The number of nitrogens with one attached hydrogen (secondary N) is 1. The second kappa shape index (κ2) is 8.10. The van der Waals surface area contributed by atoms with Crippen LogP contribution in [0.1, 0.15) is 18.7 Å². The van der Waals surface area contributed by atoms with Gasteiger partial charge in [-0.1, -0.05) is 0 Å². The Morgan fingerprint density at radius 1 is 1.12 bits per heavy atom. The molecule has 1 aromatic heterocycles. The van der Waals surface area contributed by atoms with Gasteiger partial charge in [-0.2, -0.15) is 0 Å². The zero-order valence-corrected chi connectivity index (χ0v) is 15.6. The Morgan fingerprint density at radius 2 is 1.92 bits per heavy atom. The standard InChI is InChI=1S/C20H29N5O/c1-26-19-6-4-17(5-7-19)24-11-13-25(14-12-24)18-3-2-10-23(15-18)16-20-21-8-9-22-20/h4-9,18H,2-3,10-16H2,1H3,(H,21,22). The van der Waals surface area contributed by atoms with Gasteiger partial charge in [0.15, 0.2) is 0 Å². The Kier molecular flexibility index (Phi) is 5.41. The fourth-order valence-corrected chi connectivity index (χ4v) is 4.21. The highest BCUT2D eigenvalue weighted by atomic mass is 16.5. The van der Waals surface area contributed by atoms with E-state index in [1.807, 2.05) is 12.4 Å². The molecule has 2 saturated heterocycles. The van der Waals surface area contributed by atoms with Crippen LogP contribution in [0.15, 0.2) is 36.7 Å². The fraction of sp³-hybridized carbons (Fsp3) is 0.550. The molecule has 0 radical (unpaired) electrons. The lowest BCUT2D eigenvalue weighted by Crippen LogP contribution is -2.55. The average Bonchev–Trinajstić information content (AvgIpc) is 3.21. The molecule has 0 amide bonds. The summed E-state index contributed by atoms with van der Waals surface area (Å²) in [6, 6.07) is 9.11. The van der Waals surface area contributed by atoms with Crippen LogP contribution in [0.3, 0.4) is 0 Å². The quantitative estimate of drug-likeness (QED) is 0.891. The Balaban J connectivity index is 1.29. The highest BCUT2D eigenvalue weighted by Crippen LogP contribution is 2.23. The van der Waals surface area contributed by atoms with Crippen LogP contribution in [0.4, 0.5) is 5.69 Å². The molecule has 3 heterocycles. The smallest absolute Gasteiger partial charge is 0.120 e. The summed E-state index contributed by atoms with van der Waals surface area (Å²) in [4.78, 5) is 15.3. The fourth-order valence-electron chi connectivity index (χ4n) is 4.21. The van der Waals surface area contributed by atoms with Crippen molar-refractivity contribution in [2.75, 3.05) is 51.3 Å². The van der Waals surface area contributed by atoms with Crippen LogP contribution in [0.5, 0.6) is 5.75 Å². The van der Waals surface area contributed by atoms with Crippen molar-refractivity contribution in [3.63, 3.8) is 0 Å². The minimum absolute atomic E-state index is 0.678. The molecule has 1 aromatic carbocycles. The van der Waals surface area contributed by atoms with Crippen LogP contribution in [0.2, 0.25) is 0 Å². The summed E-state index contributed by atoms with van der Waals surface area (Å²) >= 11 is 0. The maximum Gasteiger partial charge on any atom is 0.120 e. The summed E-state index contributed by atoms with van der Waals surface area (Å²) in [6.07, 6.45) is 6.35. The summed E-state index contributed by atoms with van der Waals surface area (Å²) in [6.45, 7) is 7.76. The predicted octanol–water partition coefficient (Wildman–Crippen LogP) is 2.20. The van der Waals surface area contributed by atoms with E-state index < -0.39 is 0 Å². The normalized spacial score (nSPS) is 22.5. The monoisotopic (exact) mass is 355 g/mol. The number of methoxy groups -OCH3 is 1. The van der Waals surface area contributed by atoms with Gasteiger partial charge in [-0.25, -0.2) is 4.98 Å². The SMILES string of the molecule is COc1ccc(N2CCN(C3CCCN(Cc4ncc[nH]4)C3)CC2)cc1. The van der Waals surface area contributed by atoms with Crippen molar-refractivity contribution in [1.82, 2.24) is 19.8 Å². The number of imidazole rings is 1. The highest BCUT2D eigenvalue weighted by molar-refractivity contribution is 5.49. The average molecular weight is 355 g/mol. The molecule has 6 heteroatoms. The number of hydrogen-bond acceptors (Lipinski definition) is 5. The summed E-state index contributed by atoms with van der Waals surface area (Å²) in [5, 5.41) is 0. The maximum atomic E-state index is 5.26. The van der Waals surface area contributed by atoms with Crippen molar-refractivity contribution in [3.8, 4) is 5.75 Å². The molecule has 1 atom stereocenters. The van der Waals surface area contributed by atoms with Gasteiger partial charge in [0.1, 0.15) is 11.6 Å². The minimum Gasteiger partial charge on any atom is -0.497 e. The van der Waals surface area contributed by atoms with Crippen LogP contribution >= 0.6 is 0 Å². The number of benzene rings is 1. The van der Waals surface area contributed by atoms with E-state index >= 15 is 0 Å². The molecule has 0 aliphatic carbocycles. The third kappa shape index (κ3) is 4.02. The Bertz CT molecular complexity index is 664. The number of likely N-dealkylation sites (tertiary alicyclic amines) is 1.